The lowest BCUT2D eigenvalue weighted by molar-refractivity contribution is -0.113. The van der Waals surface area contributed by atoms with Crippen LogP contribution in [0.5, 0.6) is 17.2 Å². The maximum Gasteiger partial charge on any atom is 0.322 e. The maximum atomic E-state index is 12.1. The van der Waals surface area contributed by atoms with E-state index in [1.54, 1.807) is 39.5 Å². The van der Waals surface area contributed by atoms with Crippen LogP contribution in [0.15, 0.2) is 51.8 Å². The molecule has 0 aliphatic carbocycles. The summed E-state index contributed by atoms with van der Waals surface area (Å²) in [6.45, 7) is 0. The van der Waals surface area contributed by atoms with Gasteiger partial charge in [-0.25, -0.2) is 0 Å². The first-order chi connectivity index (χ1) is 13.6. The lowest BCUT2D eigenvalue weighted by Gasteiger charge is -2.07. The van der Waals surface area contributed by atoms with Gasteiger partial charge in [0.2, 0.25) is 11.8 Å². The predicted molar refractivity (Wildman–Crippen MR) is 105 cm³/mol. The molecule has 8 nitrogen and oxygen atoms in total. The van der Waals surface area contributed by atoms with E-state index in [-0.39, 0.29) is 23.6 Å². The van der Waals surface area contributed by atoms with Crippen molar-refractivity contribution in [2.45, 2.75) is 4.90 Å². The molecule has 1 amide bonds. The van der Waals surface area contributed by atoms with E-state index in [4.69, 9.17) is 18.6 Å². The molecule has 0 spiro atoms. The Morgan fingerprint density at radius 2 is 1.75 bits per heavy atom. The summed E-state index contributed by atoms with van der Waals surface area (Å²) in [5, 5.41) is 10.4. The van der Waals surface area contributed by atoms with Crippen molar-refractivity contribution >= 4 is 23.7 Å². The topological polar surface area (TPSA) is 95.7 Å². The molecule has 0 atom stereocenters. The Labute approximate surface area is 166 Å². The van der Waals surface area contributed by atoms with E-state index in [0.29, 0.717) is 17.1 Å². The highest BCUT2D eigenvalue weighted by Crippen LogP contribution is 2.32. The third kappa shape index (κ3) is 4.74. The zero-order chi connectivity index (χ0) is 19.9. The van der Waals surface area contributed by atoms with Crippen LogP contribution in [0.25, 0.3) is 11.5 Å². The first kappa shape index (κ1) is 19.6. The van der Waals surface area contributed by atoms with Crippen LogP contribution in [0.1, 0.15) is 0 Å². The Kier molecular flexibility index (Phi) is 6.38. The molecule has 0 aliphatic heterocycles. The van der Waals surface area contributed by atoms with E-state index < -0.39 is 0 Å². The Bertz CT molecular complexity index is 943. The maximum absolute atomic E-state index is 12.1. The molecule has 0 aliphatic rings. The van der Waals surface area contributed by atoms with Gasteiger partial charge < -0.3 is 18.6 Å². The number of nitrogens with one attached hydrogen (secondary N) is 1. The summed E-state index contributed by atoms with van der Waals surface area (Å²) in [6, 6.07) is 12.7. The second kappa shape index (κ2) is 9.14. The highest BCUT2D eigenvalue weighted by Gasteiger charge is 2.14. The van der Waals surface area contributed by atoms with E-state index in [1.165, 1.54) is 11.8 Å². The fourth-order valence-electron chi connectivity index (χ4n) is 2.34. The van der Waals surface area contributed by atoms with Gasteiger partial charge in [-0.3, -0.25) is 10.1 Å². The number of thioether (sulfide) groups is 1. The van der Waals surface area contributed by atoms with Crippen LogP contribution in [0.3, 0.4) is 0 Å². The van der Waals surface area contributed by atoms with Gasteiger partial charge >= 0.3 is 6.01 Å². The molecule has 1 aromatic heterocycles. The van der Waals surface area contributed by atoms with Gasteiger partial charge in [0, 0.05) is 10.5 Å². The van der Waals surface area contributed by atoms with Crippen LogP contribution in [0, 0.1) is 0 Å². The SMILES string of the molecule is COc1ccc(SCC(=O)Nc2nnc(-c3ccc(OC)c(OC)c3)o2)cc1. The molecule has 0 saturated heterocycles. The van der Waals surface area contributed by atoms with Crippen molar-refractivity contribution in [2.75, 3.05) is 32.4 Å². The van der Waals surface area contributed by atoms with Crippen LogP contribution >= 0.6 is 11.8 Å². The fourth-order valence-corrected chi connectivity index (χ4v) is 3.03. The number of methoxy groups -OCH3 is 3. The zero-order valence-electron chi connectivity index (χ0n) is 15.6. The summed E-state index contributed by atoms with van der Waals surface area (Å²) in [7, 11) is 4.71. The average Bonchev–Trinajstić information content (AvgIpc) is 3.20. The van der Waals surface area contributed by atoms with Crippen LogP contribution in [0.2, 0.25) is 0 Å². The molecule has 1 N–H and O–H groups in total. The van der Waals surface area contributed by atoms with Gasteiger partial charge in [0.05, 0.1) is 27.1 Å². The van der Waals surface area contributed by atoms with Crippen molar-refractivity contribution in [1.82, 2.24) is 10.2 Å². The van der Waals surface area contributed by atoms with E-state index in [1.807, 2.05) is 24.3 Å². The average molecular weight is 401 g/mol. The van der Waals surface area contributed by atoms with Crippen LogP contribution in [-0.4, -0.2) is 43.2 Å². The van der Waals surface area contributed by atoms with Gasteiger partial charge in [-0.1, -0.05) is 5.10 Å². The van der Waals surface area contributed by atoms with E-state index in [9.17, 15) is 4.79 Å². The van der Waals surface area contributed by atoms with E-state index in [2.05, 4.69) is 15.5 Å². The lowest BCUT2D eigenvalue weighted by atomic mass is 10.2. The van der Waals surface area contributed by atoms with Gasteiger partial charge in [0.1, 0.15) is 5.75 Å². The Balaban J connectivity index is 1.60. The van der Waals surface area contributed by atoms with Crippen molar-refractivity contribution in [1.29, 1.82) is 0 Å². The molecule has 9 heteroatoms. The Hall–Kier alpha value is -3.20. The summed E-state index contributed by atoms with van der Waals surface area (Å²) in [5.74, 6) is 2.12. The van der Waals surface area contributed by atoms with Gasteiger partial charge in [-0.15, -0.1) is 16.9 Å². The second-order valence-corrected chi connectivity index (χ2v) is 6.54. The number of nitrogens with zero attached hydrogens (tertiary/aromatic N) is 2. The first-order valence-corrected chi connectivity index (χ1v) is 9.24. The highest BCUT2D eigenvalue weighted by atomic mass is 32.2. The predicted octanol–water partition coefficient (Wildman–Crippen LogP) is 3.49. The molecule has 0 unspecified atom stereocenters. The Morgan fingerprint density at radius 3 is 2.43 bits per heavy atom. The van der Waals surface area contributed by atoms with Gasteiger partial charge in [0.25, 0.3) is 0 Å². The van der Waals surface area contributed by atoms with Gasteiger partial charge in [-0.05, 0) is 42.5 Å². The largest absolute Gasteiger partial charge is 0.497 e. The van der Waals surface area contributed by atoms with E-state index in [0.717, 1.165) is 10.6 Å². The number of ether oxygens (including phenoxy) is 3. The molecule has 28 heavy (non-hydrogen) atoms. The molecule has 2 aromatic carbocycles. The molecule has 0 radical (unpaired) electrons. The van der Waals surface area contributed by atoms with Crippen LogP contribution in [0.4, 0.5) is 6.01 Å². The van der Waals surface area contributed by atoms with Crippen molar-refractivity contribution < 1.29 is 23.4 Å². The van der Waals surface area contributed by atoms with Crippen molar-refractivity contribution in [2.24, 2.45) is 0 Å². The minimum absolute atomic E-state index is 0.0325. The monoisotopic (exact) mass is 401 g/mol. The van der Waals surface area contributed by atoms with Crippen molar-refractivity contribution in [3.8, 4) is 28.7 Å². The molecule has 146 valence electrons. The number of hydrogen-bond donors (Lipinski definition) is 1. The number of anilines is 1. The second-order valence-electron chi connectivity index (χ2n) is 5.49. The van der Waals surface area contributed by atoms with Crippen LogP contribution < -0.4 is 19.5 Å². The smallest absolute Gasteiger partial charge is 0.322 e. The van der Waals surface area contributed by atoms with Crippen LogP contribution in [-0.2, 0) is 4.79 Å². The van der Waals surface area contributed by atoms with Crippen molar-refractivity contribution in [3.05, 3.63) is 42.5 Å². The van der Waals surface area contributed by atoms with Crippen molar-refractivity contribution in [3.63, 3.8) is 0 Å². The fraction of sp³-hybridized carbons (Fsp3) is 0.211. The van der Waals surface area contributed by atoms with Gasteiger partial charge in [-0.2, -0.15) is 0 Å². The molecule has 0 bridgehead atoms. The molecule has 3 rings (SSSR count). The molecule has 0 saturated carbocycles. The number of amides is 1. The van der Waals surface area contributed by atoms with Gasteiger partial charge in [0.15, 0.2) is 11.5 Å². The lowest BCUT2D eigenvalue weighted by Crippen LogP contribution is -2.14. The minimum atomic E-state index is -0.247. The molecular weight excluding hydrogens is 382 g/mol. The molecule has 0 fully saturated rings. The number of carbonyl (C=O) groups is 1. The number of hydrogen-bond acceptors (Lipinski definition) is 8. The zero-order valence-corrected chi connectivity index (χ0v) is 16.4. The third-order valence-electron chi connectivity index (χ3n) is 3.73. The quantitative estimate of drug-likeness (QED) is 0.573. The first-order valence-electron chi connectivity index (χ1n) is 8.25. The normalized spacial score (nSPS) is 10.4. The highest BCUT2D eigenvalue weighted by molar-refractivity contribution is 8.00. The molecule has 1 heterocycles. The summed E-state index contributed by atoms with van der Waals surface area (Å²) in [5.41, 5.74) is 0.651. The molecule has 3 aromatic rings. The Morgan fingerprint density at radius 1 is 1.00 bits per heavy atom. The summed E-state index contributed by atoms with van der Waals surface area (Å²) >= 11 is 1.39. The number of aromatic nitrogens is 2. The number of rotatable bonds is 8. The number of carbonyl (C=O) groups excluding carboxylic acids is 1. The third-order valence-corrected chi connectivity index (χ3v) is 4.74. The molecular formula is C19H19N3O5S. The summed E-state index contributed by atoms with van der Waals surface area (Å²) < 4.78 is 21.1. The minimum Gasteiger partial charge on any atom is -0.497 e. The van der Waals surface area contributed by atoms with E-state index >= 15 is 0 Å². The summed E-state index contributed by atoms with van der Waals surface area (Å²) in [6.07, 6.45) is 0. The number of benzene rings is 2. The summed E-state index contributed by atoms with van der Waals surface area (Å²) in [4.78, 5) is 13.1. The standard InChI is InChI=1S/C19H19N3O5S/c1-24-13-5-7-14(8-6-13)28-11-17(23)20-19-22-21-18(27-19)12-4-9-15(25-2)16(10-12)26-3/h4-10H,11H2,1-3H3,(H,20,22,23).